The second-order valence-electron chi connectivity index (χ2n) is 8.15. The topological polar surface area (TPSA) is 90.3 Å². The molecule has 0 amide bonds. The standard InChI is InChI=1S/C20H32N2O.2CH2O2/c1-14-8-20(23-5)7-6-15(14)13-22(4)19-11-16-9-18(21(2)3)10-17(16)12-19;2*2-1-3/h6-8,16-19H,9-13H2,1-5H3;2*1H,(H,2,3)/t16-,17+,18?,19?;;. The molecule has 0 radical (unpaired) electrons. The second-order valence-corrected chi connectivity index (χ2v) is 8.15. The minimum Gasteiger partial charge on any atom is -0.497 e. The summed E-state index contributed by atoms with van der Waals surface area (Å²) in [6.45, 7) is 2.74. The smallest absolute Gasteiger partial charge is 0.290 e. The third kappa shape index (κ3) is 7.33. The molecule has 164 valence electrons. The monoisotopic (exact) mass is 408 g/mol. The SMILES string of the molecule is COc1ccc(CN(C)C2C[C@H]3CC(N(C)C)C[C@H]3C2)c(C)c1.O=CO.O=CO. The Labute approximate surface area is 174 Å². The van der Waals surface area contributed by atoms with Crippen molar-refractivity contribution in [2.45, 2.75) is 51.2 Å². The highest BCUT2D eigenvalue weighted by molar-refractivity contribution is 5.34. The lowest BCUT2D eigenvalue weighted by atomic mass is 10.0. The first-order valence-electron chi connectivity index (χ1n) is 9.97. The van der Waals surface area contributed by atoms with Crippen LogP contribution in [0.25, 0.3) is 0 Å². The van der Waals surface area contributed by atoms with Crippen LogP contribution in [0.4, 0.5) is 0 Å². The molecule has 0 aromatic heterocycles. The molecule has 0 spiro atoms. The number of carboxylic acid groups (broad SMARTS) is 2. The van der Waals surface area contributed by atoms with E-state index in [1.165, 1.54) is 36.8 Å². The Hall–Kier alpha value is -2.12. The second kappa shape index (κ2) is 12.4. The molecule has 2 aliphatic carbocycles. The quantitative estimate of drug-likeness (QED) is 0.724. The van der Waals surface area contributed by atoms with Crippen molar-refractivity contribution in [2.75, 3.05) is 28.3 Å². The van der Waals surface area contributed by atoms with E-state index < -0.39 is 0 Å². The van der Waals surface area contributed by atoms with Gasteiger partial charge in [0.05, 0.1) is 7.11 Å². The Morgan fingerprint density at radius 3 is 1.90 bits per heavy atom. The maximum atomic E-state index is 8.36. The van der Waals surface area contributed by atoms with Crippen LogP contribution in [0.2, 0.25) is 0 Å². The first-order valence-corrected chi connectivity index (χ1v) is 9.97. The van der Waals surface area contributed by atoms with Gasteiger partial charge in [-0.25, -0.2) is 0 Å². The van der Waals surface area contributed by atoms with E-state index in [-0.39, 0.29) is 12.9 Å². The summed E-state index contributed by atoms with van der Waals surface area (Å²) in [5.41, 5.74) is 2.76. The van der Waals surface area contributed by atoms with Gasteiger partial charge in [-0.05, 0) is 88.8 Å². The highest BCUT2D eigenvalue weighted by Crippen LogP contribution is 2.46. The molecule has 0 aliphatic heterocycles. The van der Waals surface area contributed by atoms with E-state index in [2.05, 4.69) is 56.1 Å². The van der Waals surface area contributed by atoms with Crippen molar-refractivity contribution in [2.24, 2.45) is 11.8 Å². The summed E-state index contributed by atoms with van der Waals surface area (Å²) in [6, 6.07) is 8.03. The highest BCUT2D eigenvalue weighted by atomic mass is 16.5. The fourth-order valence-corrected chi connectivity index (χ4v) is 4.70. The average molecular weight is 409 g/mol. The number of hydrogen-bond acceptors (Lipinski definition) is 5. The Morgan fingerprint density at radius 2 is 1.48 bits per heavy atom. The van der Waals surface area contributed by atoms with Crippen LogP contribution in [0, 0.1) is 18.8 Å². The lowest BCUT2D eigenvalue weighted by molar-refractivity contribution is -0.123. The van der Waals surface area contributed by atoms with Crippen LogP contribution in [-0.2, 0) is 16.1 Å². The molecule has 2 unspecified atom stereocenters. The van der Waals surface area contributed by atoms with E-state index in [0.717, 1.165) is 36.2 Å². The molecule has 1 aromatic carbocycles. The Bertz CT molecular complexity index is 618. The van der Waals surface area contributed by atoms with Crippen molar-refractivity contribution >= 4 is 12.9 Å². The summed E-state index contributed by atoms with van der Waals surface area (Å²) in [4.78, 5) is 21.7. The van der Waals surface area contributed by atoms with Crippen molar-refractivity contribution < 1.29 is 24.5 Å². The van der Waals surface area contributed by atoms with Gasteiger partial charge in [-0.15, -0.1) is 0 Å². The van der Waals surface area contributed by atoms with Gasteiger partial charge in [0, 0.05) is 18.6 Å². The number of ether oxygens (including phenoxy) is 1. The van der Waals surface area contributed by atoms with Gasteiger partial charge in [0.25, 0.3) is 12.9 Å². The molecular weight excluding hydrogens is 372 g/mol. The van der Waals surface area contributed by atoms with Gasteiger partial charge in [0.15, 0.2) is 0 Å². The molecule has 3 rings (SSSR count). The lowest BCUT2D eigenvalue weighted by Crippen LogP contribution is -2.31. The van der Waals surface area contributed by atoms with Crippen molar-refractivity contribution in [3.05, 3.63) is 29.3 Å². The highest BCUT2D eigenvalue weighted by Gasteiger charge is 2.43. The van der Waals surface area contributed by atoms with Crippen LogP contribution in [0.3, 0.4) is 0 Å². The van der Waals surface area contributed by atoms with Gasteiger partial charge in [-0.3, -0.25) is 14.5 Å². The summed E-state index contributed by atoms with van der Waals surface area (Å²) in [7, 11) is 8.52. The Kier molecular flexibility index (Phi) is 10.7. The molecule has 0 saturated heterocycles. The third-order valence-corrected chi connectivity index (χ3v) is 6.29. The first-order chi connectivity index (χ1) is 13.8. The van der Waals surface area contributed by atoms with E-state index in [1.807, 2.05) is 0 Å². The summed E-state index contributed by atoms with van der Waals surface area (Å²) in [5, 5.41) is 13.8. The number of methoxy groups -OCH3 is 1. The zero-order valence-corrected chi connectivity index (χ0v) is 18.2. The molecule has 0 heterocycles. The fourth-order valence-electron chi connectivity index (χ4n) is 4.70. The number of aryl methyl sites for hydroxylation is 1. The number of fused-ring (bicyclic) bond motifs is 1. The van der Waals surface area contributed by atoms with Crippen molar-refractivity contribution in [1.82, 2.24) is 9.80 Å². The molecule has 4 atom stereocenters. The normalized spacial score (nSPS) is 24.8. The maximum Gasteiger partial charge on any atom is 0.290 e. The van der Waals surface area contributed by atoms with Crippen LogP contribution in [0.15, 0.2) is 18.2 Å². The van der Waals surface area contributed by atoms with Gasteiger partial charge in [-0.2, -0.15) is 0 Å². The predicted octanol–water partition coefficient (Wildman–Crippen LogP) is 2.96. The summed E-state index contributed by atoms with van der Waals surface area (Å²) < 4.78 is 5.32. The predicted molar refractivity (Wildman–Crippen MR) is 113 cm³/mol. The summed E-state index contributed by atoms with van der Waals surface area (Å²) in [5.74, 6) is 2.86. The van der Waals surface area contributed by atoms with E-state index in [1.54, 1.807) is 7.11 Å². The zero-order chi connectivity index (χ0) is 22.0. The van der Waals surface area contributed by atoms with Crippen LogP contribution < -0.4 is 4.74 Å². The molecule has 2 fully saturated rings. The van der Waals surface area contributed by atoms with Gasteiger partial charge in [0.2, 0.25) is 0 Å². The zero-order valence-electron chi connectivity index (χ0n) is 18.2. The molecule has 0 bridgehead atoms. The molecule has 7 heteroatoms. The summed E-state index contributed by atoms with van der Waals surface area (Å²) >= 11 is 0. The number of carbonyl (C=O) groups is 2. The van der Waals surface area contributed by atoms with Crippen molar-refractivity contribution in [3.63, 3.8) is 0 Å². The largest absolute Gasteiger partial charge is 0.497 e. The first kappa shape index (κ1) is 24.9. The van der Waals surface area contributed by atoms with Gasteiger partial charge < -0.3 is 19.8 Å². The fraction of sp³-hybridized carbons (Fsp3) is 0.636. The lowest BCUT2D eigenvalue weighted by Gasteiger charge is -2.27. The number of rotatable bonds is 5. The van der Waals surface area contributed by atoms with Crippen LogP contribution in [0.5, 0.6) is 5.75 Å². The number of benzene rings is 1. The Morgan fingerprint density at radius 1 is 1.00 bits per heavy atom. The van der Waals surface area contributed by atoms with Crippen molar-refractivity contribution in [3.8, 4) is 5.75 Å². The van der Waals surface area contributed by atoms with E-state index in [9.17, 15) is 0 Å². The molecule has 7 nitrogen and oxygen atoms in total. The molecule has 2 N–H and O–H groups in total. The molecule has 2 saturated carbocycles. The summed E-state index contributed by atoms with van der Waals surface area (Å²) in [6.07, 6.45) is 5.59. The maximum absolute atomic E-state index is 8.36. The molecular formula is C22H36N2O5. The van der Waals surface area contributed by atoms with Crippen molar-refractivity contribution in [1.29, 1.82) is 0 Å². The average Bonchev–Trinajstić information content (AvgIpc) is 3.24. The van der Waals surface area contributed by atoms with Gasteiger partial charge >= 0.3 is 0 Å². The van der Waals surface area contributed by atoms with Gasteiger partial charge in [-0.1, -0.05) is 6.07 Å². The van der Waals surface area contributed by atoms with E-state index >= 15 is 0 Å². The molecule has 29 heavy (non-hydrogen) atoms. The van der Waals surface area contributed by atoms with Crippen LogP contribution >= 0.6 is 0 Å². The minimum absolute atomic E-state index is 0.250. The van der Waals surface area contributed by atoms with E-state index in [0.29, 0.717) is 0 Å². The van der Waals surface area contributed by atoms with Gasteiger partial charge in [0.1, 0.15) is 5.75 Å². The third-order valence-electron chi connectivity index (χ3n) is 6.29. The van der Waals surface area contributed by atoms with E-state index in [4.69, 9.17) is 24.5 Å². The molecule has 1 aromatic rings. The molecule has 2 aliphatic rings. The van der Waals surface area contributed by atoms with Crippen LogP contribution in [0.1, 0.15) is 36.8 Å². The minimum atomic E-state index is -0.250. The number of hydrogen-bond donors (Lipinski definition) is 2. The van der Waals surface area contributed by atoms with Crippen LogP contribution in [-0.4, -0.2) is 73.3 Å². The Balaban J connectivity index is 0.000000626. The number of nitrogens with zero attached hydrogens (tertiary/aromatic N) is 2.